The van der Waals surface area contributed by atoms with Crippen molar-refractivity contribution in [3.8, 4) is 0 Å². The van der Waals surface area contributed by atoms with E-state index >= 15 is 4.39 Å². The maximum Gasteiger partial charge on any atom is 0.307 e. The van der Waals surface area contributed by atoms with Crippen LogP contribution >= 0.6 is 0 Å². The van der Waals surface area contributed by atoms with Gasteiger partial charge in [-0.05, 0) is 65.9 Å². The van der Waals surface area contributed by atoms with Crippen molar-refractivity contribution in [2.24, 2.45) is 0 Å². The van der Waals surface area contributed by atoms with Crippen LogP contribution in [0.3, 0.4) is 0 Å². The molecule has 0 bridgehead atoms. The Morgan fingerprint density at radius 1 is 1.05 bits per heavy atom. The number of carbonyl (C=O) groups is 1. The molecule has 0 spiro atoms. The van der Waals surface area contributed by atoms with Crippen LogP contribution in [0.25, 0.3) is 11.0 Å². The van der Waals surface area contributed by atoms with Gasteiger partial charge in [-0.3, -0.25) is 4.79 Å². The van der Waals surface area contributed by atoms with Gasteiger partial charge in [0.25, 0.3) is 0 Å². The summed E-state index contributed by atoms with van der Waals surface area (Å²) in [4.78, 5) is 13.1. The molecule has 4 aromatic rings. The molecule has 0 radical (unpaired) electrons. The zero-order chi connectivity index (χ0) is 29.1. The first-order valence-corrected chi connectivity index (χ1v) is 16.8. The van der Waals surface area contributed by atoms with Gasteiger partial charge in [0.2, 0.25) is 0 Å². The molecule has 0 aliphatic heterocycles. The van der Waals surface area contributed by atoms with E-state index in [2.05, 4.69) is 44.2 Å². The fourth-order valence-electron chi connectivity index (χ4n) is 4.43. The number of hydrogen-bond donors (Lipinski definition) is 0. The Morgan fingerprint density at radius 2 is 1.77 bits per heavy atom. The number of esters is 1. The van der Waals surface area contributed by atoms with Gasteiger partial charge < -0.3 is 9.16 Å². The second-order valence-electron chi connectivity index (χ2n) is 11.9. The molecule has 8 heteroatoms. The summed E-state index contributed by atoms with van der Waals surface area (Å²) < 4.78 is 29.8. The molecule has 1 atom stereocenters. The zero-order valence-electron chi connectivity index (χ0n) is 24.6. The summed E-state index contributed by atoms with van der Waals surface area (Å²) in [5, 5.41) is 8.27. The van der Waals surface area contributed by atoms with Gasteiger partial charge in [-0.2, -0.15) is 0 Å². The van der Waals surface area contributed by atoms with Gasteiger partial charge in [0.15, 0.2) is 14.1 Å². The smallest absolute Gasteiger partial charge is 0.307 e. The fraction of sp³-hybridized carbons (Fsp3) is 0.406. The van der Waals surface area contributed by atoms with Crippen LogP contribution in [0.2, 0.25) is 18.1 Å². The molecule has 1 aromatic heterocycles. The van der Waals surface area contributed by atoms with Crippen molar-refractivity contribution in [2.45, 2.75) is 84.8 Å². The van der Waals surface area contributed by atoms with Crippen LogP contribution in [0.4, 0.5) is 4.39 Å². The Bertz CT molecular complexity index is 1480. The minimum Gasteiger partial charge on any atom is -0.461 e. The third-order valence-corrected chi connectivity index (χ3v) is 12.6. The van der Waals surface area contributed by atoms with E-state index in [4.69, 9.17) is 9.16 Å². The van der Waals surface area contributed by atoms with E-state index in [1.54, 1.807) is 10.7 Å². The monoisotopic (exact) mass is 561 g/mol. The molecule has 0 N–H and O–H groups in total. The van der Waals surface area contributed by atoms with E-state index in [-0.39, 0.29) is 23.6 Å². The highest BCUT2D eigenvalue weighted by Crippen LogP contribution is 2.38. The molecule has 0 saturated carbocycles. The van der Waals surface area contributed by atoms with Crippen LogP contribution in [0.5, 0.6) is 0 Å². The molecule has 0 aliphatic rings. The number of aromatic nitrogens is 3. The molecule has 3 aromatic carbocycles. The summed E-state index contributed by atoms with van der Waals surface area (Å²) in [6.45, 7) is 16.3. The van der Waals surface area contributed by atoms with Crippen molar-refractivity contribution in [1.29, 1.82) is 0 Å². The van der Waals surface area contributed by atoms with Gasteiger partial charge in [-0.15, -0.1) is 5.10 Å². The van der Waals surface area contributed by atoms with E-state index in [1.165, 1.54) is 0 Å². The van der Waals surface area contributed by atoms with Crippen LogP contribution in [-0.4, -0.2) is 29.3 Å². The molecule has 0 saturated heterocycles. The van der Waals surface area contributed by atoms with Crippen molar-refractivity contribution >= 4 is 25.3 Å². The summed E-state index contributed by atoms with van der Waals surface area (Å²) in [5.74, 6) is -1.42. The lowest BCUT2D eigenvalue weighted by molar-refractivity contribution is -0.145. The highest BCUT2D eigenvalue weighted by molar-refractivity contribution is 6.74. The number of halogens is 1. The predicted octanol–water partition coefficient (Wildman–Crippen LogP) is 7.69. The van der Waals surface area contributed by atoms with Gasteiger partial charge in [0.05, 0.1) is 18.5 Å². The molecule has 1 heterocycles. The highest BCUT2D eigenvalue weighted by atomic mass is 28.4. The van der Waals surface area contributed by atoms with Crippen LogP contribution in [-0.2, 0) is 33.7 Å². The molecule has 0 fully saturated rings. The molecule has 4 rings (SSSR count). The third-order valence-electron chi connectivity index (χ3n) is 8.11. The lowest BCUT2D eigenvalue weighted by Crippen LogP contribution is -2.40. The molecule has 40 heavy (non-hydrogen) atoms. The summed E-state index contributed by atoms with van der Waals surface area (Å²) in [6, 6.07) is 19.1. The Kier molecular flexibility index (Phi) is 8.90. The molecular formula is C32H40FN3O3Si. The number of rotatable bonds is 10. The quantitative estimate of drug-likeness (QED) is 0.147. The number of aryl methyl sites for hydroxylation is 2. The molecule has 0 unspecified atom stereocenters. The molecule has 6 nitrogen and oxygen atoms in total. The average molecular weight is 562 g/mol. The van der Waals surface area contributed by atoms with Crippen LogP contribution in [0, 0.1) is 12.7 Å². The van der Waals surface area contributed by atoms with Gasteiger partial charge in [-0.1, -0.05) is 80.6 Å². The van der Waals surface area contributed by atoms with E-state index < -0.39 is 26.0 Å². The number of benzene rings is 3. The second kappa shape index (κ2) is 12.0. The Morgan fingerprint density at radius 3 is 2.45 bits per heavy atom. The first-order chi connectivity index (χ1) is 18.9. The van der Waals surface area contributed by atoms with Gasteiger partial charge in [0, 0.05) is 12.5 Å². The third kappa shape index (κ3) is 6.50. The number of fused-ring (bicyclic) bond motifs is 1. The van der Waals surface area contributed by atoms with E-state index in [1.807, 2.05) is 68.4 Å². The van der Waals surface area contributed by atoms with Crippen molar-refractivity contribution in [3.63, 3.8) is 0 Å². The Labute approximate surface area is 237 Å². The number of nitrogens with zero attached hydrogens (tertiary/aromatic N) is 3. The number of carbonyl (C=O) groups excluding carboxylic acids is 1. The second-order valence-corrected chi connectivity index (χ2v) is 16.7. The SMILES string of the molecule is CCn1nnc2c(F)c([C@@H](CC(=O)OCc3ccccc3)c3ccc(C)c(CO[Si](C)(C)C(C)(C)C)c3)ccc21. The van der Waals surface area contributed by atoms with Crippen LogP contribution in [0.1, 0.15) is 67.9 Å². The number of ether oxygens (including phenoxy) is 1. The zero-order valence-corrected chi connectivity index (χ0v) is 25.6. The molecular weight excluding hydrogens is 521 g/mol. The van der Waals surface area contributed by atoms with E-state index in [9.17, 15) is 4.79 Å². The maximum absolute atomic E-state index is 16.0. The lowest BCUT2D eigenvalue weighted by Gasteiger charge is -2.36. The maximum atomic E-state index is 16.0. The Balaban J connectivity index is 1.68. The molecule has 0 amide bonds. The summed E-state index contributed by atoms with van der Waals surface area (Å²) in [6.07, 6.45) is -0.0111. The van der Waals surface area contributed by atoms with Crippen molar-refractivity contribution in [1.82, 2.24) is 15.0 Å². The molecule has 212 valence electrons. The van der Waals surface area contributed by atoms with Gasteiger partial charge in [0.1, 0.15) is 12.1 Å². The standard InChI is InChI=1S/C32H40FN3O3Si/c1-8-36-28-17-16-26(30(33)31(28)34-35-36)27(19-29(37)38-20-23-12-10-9-11-13-23)24-15-14-22(2)25(18-24)21-39-40(6,7)32(3,4)5/h9-18,27H,8,19-21H2,1-7H3/t27-/m0/s1. The molecule has 0 aliphatic carbocycles. The lowest BCUT2D eigenvalue weighted by atomic mass is 9.86. The predicted molar refractivity (Wildman–Crippen MR) is 159 cm³/mol. The van der Waals surface area contributed by atoms with Gasteiger partial charge in [-0.25, -0.2) is 9.07 Å². The van der Waals surface area contributed by atoms with E-state index in [0.29, 0.717) is 24.2 Å². The normalized spacial score (nSPS) is 13.0. The first kappa shape index (κ1) is 29.6. The average Bonchev–Trinajstić information content (AvgIpc) is 3.35. The van der Waals surface area contributed by atoms with Crippen molar-refractivity contribution < 1.29 is 18.3 Å². The first-order valence-electron chi connectivity index (χ1n) is 13.9. The minimum atomic E-state index is -1.98. The van der Waals surface area contributed by atoms with Crippen molar-refractivity contribution in [3.05, 3.63) is 94.3 Å². The summed E-state index contributed by atoms with van der Waals surface area (Å²) >= 11 is 0. The number of hydrogen-bond acceptors (Lipinski definition) is 5. The minimum absolute atomic E-state index is 0.0111. The summed E-state index contributed by atoms with van der Waals surface area (Å²) in [7, 11) is -1.98. The topological polar surface area (TPSA) is 66.2 Å². The van der Waals surface area contributed by atoms with Crippen molar-refractivity contribution in [2.75, 3.05) is 0 Å². The largest absolute Gasteiger partial charge is 0.461 e. The summed E-state index contributed by atoms with van der Waals surface area (Å²) in [5.41, 5.74) is 5.08. The van der Waals surface area contributed by atoms with Crippen LogP contribution < -0.4 is 0 Å². The Hall–Kier alpha value is -3.36. The van der Waals surface area contributed by atoms with Gasteiger partial charge >= 0.3 is 5.97 Å². The highest BCUT2D eigenvalue weighted by Gasteiger charge is 2.37. The van der Waals surface area contributed by atoms with Crippen LogP contribution in [0.15, 0.2) is 60.7 Å². The van der Waals surface area contributed by atoms with E-state index in [0.717, 1.165) is 22.3 Å². The fourth-order valence-corrected chi connectivity index (χ4v) is 5.38.